The molecule has 1 amide bonds. The number of thiophene rings is 1. The molecule has 0 radical (unpaired) electrons. The minimum Gasteiger partial charge on any atom is -0.367 e. The van der Waals surface area contributed by atoms with E-state index in [0.717, 1.165) is 24.1 Å². The van der Waals surface area contributed by atoms with Gasteiger partial charge in [0.05, 0.1) is 0 Å². The molecule has 0 bridgehead atoms. The number of hydrogen-bond donors (Lipinski definition) is 1. The fourth-order valence-corrected chi connectivity index (χ4v) is 4.28. The summed E-state index contributed by atoms with van der Waals surface area (Å²) in [6.45, 7) is 1.74. The largest absolute Gasteiger partial charge is 0.367 e. The van der Waals surface area contributed by atoms with E-state index in [1.54, 1.807) is 11.3 Å². The second-order valence-corrected chi connectivity index (χ2v) is 7.54. The SMILES string of the molecule is O=C(NCC1CCCN1c1ccccc1)c1ccc(-c2cccs2)cc1. The highest BCUT2D eigenvalue weighted by atomic mass is 32.1. The first kappa shape index (κ1) is 16.9. The summed E-state index contributed by atoms with van der Waals surface area (Å²) in [7, 11) is 0. The van der Waals surface area contributed by atoms with Gasteiger partial charge in [0.2, 0.25) is 0 Å². The van der Waals surface area contributed by atoms with E-state index in [1.807, 2.05) is 36.4 Å². The molecule has 26 heavy (non-hydrogen) atoms. The summed E-state index contributed by atoms with van der Waals surface area (Å²) in [5.41, 5.74) is 3.11. The van der Waals surface area contributed by atoms with E-state index in [1.165, 1.54) is 17.0 Å². The zero-order chi connectivity index (χ0) is 17.8. The molecule has 2 aromatic carbocycles. The predicted octanol–water partition coefficient (Wildman–Crippen LogP) is 4.81. The second-order valence-electron chi connectivity index (χ2n) is 6.59. The number of nitrogens with one attached hydrogen (secondary N) is 1. The molecule has 132 valence electrons. The Balaban J connectivity index is 1.37. The smallest absolute Gasteiger partial charge is 0.251 e. The molecule has 1 aromatic heterocycles. The Morgan fingerprint density at radius 3 is 2.58 bits per heavy atom. The molecule has 1 aliphatic rings. The lowest BCUT2D eigenvalue weighted by atomic mass is 10.1. The van der Waals surface area contributed by atoms with Crippen molar-refractivity contribution < 1.29 is 4.79 Å². The first-order chi connectivity index (χ1) is 12.8. The van der Waals surface area contributed by atoms with E-state index in [9.17, 15) is 4.79 Å². The van der Waals surface area contributed by atoms with Gasteiger partial charge in [-0.3, -0.25) is 4.79 Å². The first-order valence-electron chi connectivity index (χ1n) is 9.05. The molecule has 2 heterocycles. The van der Waals surface area contributed by atoms with Crippen LogP contribution in [0.2, 0.25) is 0 Å². The Morgan fingerprint density at radius 2 is 1.85 bits per heavy atom. The van der Waals surface area contributed by atoms with Gasteiger partial charge >= 0.3 is 0 Å². The molecule has 0 spiro atoms. The van der Waals surface area contributed by atoms with E-state index >= 15 is 0 Å². The van der Waals surface area contributed by atoms with Gasteiger partial charge in [-0.25, -0.2) is 0 Å². The maximum Gasteiger partial charge on any atom is 0.251 e. The maximum atomic E-state index is 12.5. The lowest BCUT2D eigenvalue weighted by Crippen LogP contribution is -2.40. The molecule has 1 N–H and O–H groups in total. The number of benzene rings is 2. The third kappa shape index (κ3) is 3.65. The van der Waals surface area contributed by atoms with Crippen molar-refractivity contribution in [3.63, 3.8) is 0 Å². The monoisotopic (exact) mass is 362 g/mol. The fraction of sp³-hybridized carbons (Fsp3) is 0.227. The third-order valence-corrected chi connectivity index (χ3v) is 5.83. The maximum absolute atomic E-state index is 12.5. The minimum absolute atomic E-state index is 0.00245. The van der Waals surface area contributed by atoms with Crippen LogP contribution in [0, 0.1) is 0 Å². The number of nitrogens with zero attached hydrogens (tertiary/aromatic N) is 1. The number of hydrogen-bond acceptors (Lipinski definition) is 3. The first-order valence-corrected chi connectivity index (χ1v) is 9.93. The number of para-hydroxylation sites is 1. The van der Waals surface area contributed by atoms with Crippen LogP contribution < -0.4 is 10.2 Å². The molecule has 1 aliphatic heterocycles. The van der Waals surface area contributed by atoms with Crippen molar-refractivity contribution in [3.05, 3.63) is 77.7 Å². The number of rotatable bonds is 5. The summed E-state index contributed by atoms with van der Waals surface area (Å²) in [4.78, 5) is 16.1. The number of carbonyl (C=O) groups is 1. The standard InChI is InChI=1S/C22H22N2OS/c25-22(18-12-10-17(11-13-18)21-9-5-15-26-21)23-16-20-8-4-14-24(20)19-6-2-1-3-7-19/h1-3,5-7,9-13,15,20H,4,8,14,16H2,(H,23,25). The molecule has 4 rings (SSSR count). The molecule has 3 nitrogen and oxygen atoms in total. The highest BCUT2D eigenvalue weighted by Gasteiger charge is 2.25. The summed E-state index contributed by atoms with van der Waals surface area (Å²) in [6.07, 6.45) is 2.29. The number of anilines is 1. The van der Waals surface area contributed by atoms with Crippen LogP contribution in [0.5, 0.6) is 0 Å². The summed E-state index contributed by atoms with van der Waals surface area (Å²) in [5.74, 6) is 0.00245. The van der Waals surface area contributed by atoms with Gasteiger partial charge in [0.25, 0.3) is 5.91 Å². The van der Waals surface area contributed by atoms with Crippen molar-refractivity contribution in [1.29, 1.82) is 0 Å². The van der Waals surface area contributed by atoms with Crippen LogP contribution in [0.15, 0.2) is 72.1 Å². The molecular formula is C22H22N2OS. The van der Waals surface area contributed by atoms with Crippen molar-refractivity contribution in [2.75, 3.05) is 18.0 Å². The topological polar surface area (TPSA) is 32.3 Å². The lowest BCUT2D eigenvalue weighted by molar-refractivity contribution is 0.0951. The Morgan fingerprint density at radius 1 is 1.04 bits per heavy atom. The normalized spacial score (nSPS) is 16.6. The molecule has 3 aromatic rings. The van der Waals surface area contributed by atoms with E-state index in [2.05, 4.69) is 45.9 Å². The van der Waals surface area contributed by atoms with E-state index < -0.39 is 0 Å². The van der Waals surface area contributed by atoms with Crippen LogP contribution >= 0.6 is 11.3 Å². The van der Waals surface area contributed by atoms with Crippen molar-refractivity contribution in [2.45, 2.75) is 18.9 Å². The second kappa shape index (κ2) is 7.75. The Bertz CT molecular complexity index is 844. The van der Waals surface area contributed by atoms with Crippen molar-refractivity contribution in [3.8, 4) is 10.4 Å². The van der Waals surface area contributed by atoms with Crippen LogP contribution in [0.1, 0.15) is 23.2 Å². The summed E-state index contributed by atoms with van der Waals surface area (Å²) >= 11 is 1.71. The molecule has 1 fully saturated rings. The summed E-state index contributed by atoms with van der Waals surface area (Å²) in [6, 6.07) is 22.8. The quantitative estimate of drug-likeness (QED) is 0.706. The molecule has 0 aliphatic carbocycles. The number of amides is 1. The number of carbonyl (C=O) groups excluding carboxylic acids is 1. The van der Waals surface area contributed by atoms with Gasteiger partial charge in [-0.15, -0.1) is 11.3 Å². The van der Waals surface area contributed by atoms with Gasteiger partial charge in [0.1, 0.15) is 0 Å². The Hall–Kier alpha value is -2.59. The highest BCUT2D eigenvalue weighted by molar-refractivity contribution is 7.13. The van der Waals surface area contributed by atoms with Crippen LogP contribution in [-0.2, 0) is 0 Å². The van der Waals surface area contributed by atoms with Crippen molar-refractivity contribution >= 4 is 22.9 Å². The Kier molecular flexibility index (Phi) is 5.02. The summed E-state index contributed by atoms with van der Waals surface area (Å²) in [5, 5.41) is 5.18. The van der Waals surface area contributed by atoms with E-state index in [4.69, 9.17) is 0 Å². The average Bonchev–Trinajstić information content (AvgIpc) is 3.39. The zero-order valence-corrected chi connectivity index (χ0v) is 15.4. The fourth-order valence-electron chi connectivity index (χ4n) is 3.55. The van der Waals surface area contributed by atoms with Gasteiger partial charge in [-0.2, -0.15) is 0 Å². The molecule has 0 saturated carbocycles. The molecule has 1 atom stereocenters. The molecule has 4 heteroatoms. The van der Waals surface area contributed by atoms with E-state index in [0.29, 0.717) is 12.6 Å². The van der Waals surface area contributed by atoms with Crippen LogP contribution in [0.3, 0.4) is 0 Å². The third-order valence-electron chi connectivity index (χ3n) is 4.92. The van der Waals surface area contributed by atoms with Crippen LogP contribution in [0.4, 0.5) is 5.69 Å². The van der Waals surface area contributed by atoms with Crippen LogP contribution in [-0.4, -0.2) is 25.0 Å². The molecular weight excluding hydrogens is 340 g/mol. The van der Waals surface area contributed by atoms with Gasteiger partial charge in [0.15, 0.2) is 0 Å². The highest BCUT2D eigenvalue weighted by Crippen LogP contribution is 2.26. The van der Waals surface area contributed by atoms with Crippen LogP contribution in [0.25, 0.3) is 10.4 Å². The van der Waals surface area contributed by atoms with Gasteiger partial charge in [-0.1, -0.05) is 36.4 Å². The average molecular weight is 362 g/mol. The van der Waals surface area contributed by atoms with Gasteiger partial charge in [0, 0.05) is 35.3 Å². The molecule has 1 saturated heterocycles. The van der Waals surface area contributed by atoms with Gasteiger partial charge < -0.3 is 10.2 Å². The van der Waals surface area contributed by atoms with E-state index in [-0.39, 0.29) is 5.91 Å². The van der Waals surface area contributed by atoms with Crippen molar-refractivity contribution in [2.24, 2.45) is 0 Å². The Labute approximate surface area is 158 Å². The predicted molar refractivity (Wildman–Crippen MR) is 109 cm³/mol. The minimum atomic E-state index is 0.00245. The van der Waals surface area contributed by atoms with Crippen molar-refractivity contribution in [1.82, 2.24) is 5.32 Å². The van der Waals surface area contributed by atoms with Gasteiger partial charge in [-0.05, 0) is 54.1 Å². The molecule has 1 unspecified atom stereocenters. The lowest BCUT2D eigenvalue weighted by Gasteiger charge is -2.27. The summed E-state index contributed by atoms with van der Waals surface area (Å²) < 4.78 is 0. The zero-order valence-electron chi connectivity index (χ0n) is 14.6.